The van der Waals surface area contributed by atoms with Crippen LogP contribution in [0, 0.1) is 0 Å². The summed E-state index contributed by atoms with van der Waals surface area (Å²) in [7, 11) is 4.21. The first-order chi connectivity index (χ1) is 6.52. The Bertz CT molecular complexity index is 205. The number of nitrogens with zero attached hydrogens (tertiary/aromatic N) is 2. The highest BCUT2D eigenvalue weighted by Gasteiger charge is 2.24. The lowest BCUT2D eigenvalue weighted by Gasteiger charge is -2.28. The molecule has 1 fully saturated rings. The van der Waals surface area contributed by atoms with Crippen LogP contribution in [0.1, 0.15) is 26.7 Å². The molecule has 82 valence electrons. The molecular formula is C11H22N2O. The first-order valence-electron chi connectivity index (χ1n) is 5.43. The number of hydrogen-bond acceptors (Lipinski definition) is 3. The van der Waals surface area contributed by atoms with Crippen LogP contribution in [-0.4, -0.2) is 54.9 Å². The van der Waals surface area contributed by atoms with E-state index in [1.54, 1.807) is 6.92 Å². The van der Waals surface area contributed by atoms with Crippen molar-refractivity contribution in [3.05, 3.63) is 0 Å². The smallest absolute Gasteiger partial charge is 0.146 e. The Morgan fingerprint density at radius 2 is 2.29 bits per heavy atom. The Labute approximate surface area is 87.1 Å². The molecule has 1 rings (SSSR count). The summed E-state index contributed by atoms with van der Waals surface area (Å²) in [5, 5.41) is 0. The number of likely N-dealkylation sites (N-methyl/N-ethyl adjacent to an activating group) is 2. The molecule has 2 atom stereocenters. The van der Waals surface area contributed by atoms with Crippen LogP contribution in [0.2, 0.25) is 0 Å². The third-order valence-corrected chi connectivity index (χ3v) is 3.42. The van der Waals surface area contributed by atoms with E-state index < -0.39 is 0 Å². The maximum absolute atomic E-state index is 11.2. The van der Waals surface area contributed by atoms with Crippen molar-refractivity contribution in [3.8, 4) is 0 Å². The third kappa shape index (κ3) is 2.79. The molecule has 1 heterocycles. The molecule has 0 saturated carbocycles. The van der Waals surface area contributed by atoms with Crippen LogP contribution in [0.25, 0.3) is 0 Å². The van der Waals surface area contributed by atoms with E-state index in [1.807, 2.05) is 14.0 Å². The number of rotatable bonds is 4. The number of ketones is 1. The largest absolute Gasteiger partial charge is 0.302 e. The molecule has 0 bridgehead atoms. The minimum Gasteiger partial charge on any atom is -0.302 e. The lowest BCUT2D eigenvalue weighted by atomic mass is 10.1. The summed E-state index contributed by atoms with van der Waals surface area (Å²) in [5.74, 6) is 0.258. The first-order valence-corrected chi connectivity index (χ1v) is 5.43. The monoisotopic (exact) mass is 198 g/mol. The van der Waals surface area contributed by atoms with E-state index in [0.717, 1.165) is 6.54 Å². The van der Waals surface area contributed by atoms with Crippen molar-refractivity contribution in [1.82, 2.24) is 9.80 Å². The van der Waals surface area contributed by atoms with Crippen LogP contribution in [0.15, 0.2) is 0 Å². The average molecular weight is 198 g/mol. The fraction of sp³-hybridized carbons (Fsp3) is 0.909. The van der Waals surface area contributed by atoms with E-state index in [4.69, 9.17) is 0 Å². The van der Waals surface area contributed by atoms with E-state index in [9.17, 15) is 4.79 Å². The Kier molecular flexibility index (Phi) is 4.08. The second kappa shape index (κ2) is 4.89. The second-order valence-corrected chi connectivity index (χ2v) is 4.50. The Balaban J connectivity index is 2.39. The van der Waals surface area contributed by atoms with Gasteiger partial charge in [0.05, 0.1) is 6.04 Å². The Morgan fingerprint density at radius 1 is 1.64 bits per heavy atom. The van der Waals surface area contributed by atoms with Gasteiger partial charge in [-0.2, -0.15) is 0 Å². The van der Waals surface area contributed by atoms with Crippen molar-refractivity contribution in [1.29, 1.82) is 0 Å². The lowest BCUT2D eigenvalue weighted by molar-refractivity contribution is -0.121. The molecule has 3 nitrogen and oxygen atoms in total. The van der Waals surface area contributed by atoms with Gasteiger partial charge in [-0.1, -0.05) is 0 Å². The van der Waals surface area contributed by atoms with Crippen molar-refractivity contribution < 1.29 is 4.79 Å². The molecule has 14 heavy (non-hydrogen) atoms. The van der Waals surface area contributed by atoms with Crippen LogP contribution in [0.5, 0.6) is 0 Å². The molecule has 0 spiro atoms. The minimum atomic E-state index is 0.0593. The molecule has 0 N–H and O–H groups in total. The third-order valence-electron chi connectivity index (χ3n) is 3.42. The molecular weight excluding hydrogens is 176 g/mol. The van der Waals surface area contributed by atoms with Gasteiger partial charge in [-0.25, -0.2) is 0 Å². The lowest BCUT2D eigenvalue weighted by Crippen LogP contribution is -2.43. The predicted molar refractivity (Wildman–Crippen MR) is 58.4 cm³/mol. The molecule has 0 aromatic rings. The zero-order valence-corrected chi connectivity index (χ0v) is 9.79. The summed E-state index contributed by atoms with van der Waals surface area (Å²) < 4.78 is 0. The van der Waals surface area contributed by atoms with Gasteiger partial charge < -0.3 is 4.90 Å². The molecule has 0 radical (unpaired) electrons. The Morgan fingerprint density at radius 3 is 2.71 bits per heavy atom. The summed E-state index contributed by atoms with van der Waals surface area (Å²) in [6.07, 6.45) is 2.56. The summed E-state index contributed by atoms with van der Waals surface area (Å²) in [6, 6.07) is 0.700. The van der Waals surface area contributed by atoms with Gasteiger partial charge in [0.25, 0.3) is 0 Å². The summed E-state index contributed by atoms with van der Waals surface area (Å²) in [4.78, 5) is 15.7. The molecule has 1 saturated heterocycles. The maximum atomic E-state index is 11.2. The molecule has 0 amide bonds. The fourth-order valence-corrected chi connectivity index (χ4v) is 2.01. The van der Waals surface area contributed by atoms with Crippen molar-refractivity contribution in [2.24, 2.45) is 0 Å². The van der Waals surface area contributed by atoms with Crippen LogP contribution < -0.4 is 0 Å². The summed E-state index contributed by atoms with van der Waals surface area (Å²) in [5.41, 5.74) is 0. The quantitative estimate of drug-likeness (QED) is 0.673. The summed E-state index contributed by atoms with van der Waals surface area (Å²) in [6.45, 7) is 5.86. The van der Waals surface area contributed by atoms with E-state index in [1.165, 1.54) is 19.4 Å². The molecule has 3 heteroatoms. The van der Waals surface area contributed by atoms with Gasteiger partial charge in [-0.3, -0.25) is 9.69 Å². The molecule has 2 unspecified atom stereocenters. The zero-order valence-electron chi connectivity index (χ0n) is 9.79. The topological polar surface area (TPSA) is 23.6 Å². The van der Waals surface area contributed by atoms with Gasteiger partial charge in [0.15, 0.2) is 0 Å². The zero-order chi connectivity index (χ0) is 10.7. The molecule has 0 aromatic heterocycles. The van der Waals surface area contributed by atoms with Gasteiger partial charge in [0.1, 0.15) is 5.78 Å². The van der Waals surface area contributed by atoms with Crippen LogP contribution in [0.3, 0.4) is 0 Å². The standard InChI is InChI=1S/C11H22N2O/c1-9(10(2)14)13(4)8-11-6-5-7-12(11)3/h9,11H,5-8H2,1-4H3. The van der Waals surface area contributed by atoms with E-state index >= 15 is 0 Å². The second-order valence-electron chi connectivity index (χ2n) is 4.50. The molecule has 1 aliphatic rings. The fourth-order valence-electron chi connectivity index (χ4n) is 2.01. The predicted octanol–water partition coefficient (Wildman–Crippen LogP) is 0.990. The first kappa shape index (κ1) is 11.7. The number of likely N-dealkylation sites (tertiary alicyclic amines) is 1. The van der Waals surface area contributed by atoms with Crippen molar-refractivity contribution in [3.63, 3.8) is 0 Å². The van der Waals surface area contributed by atoms with Crippen LogP contribution in [0.4, 0.5) is 0 Å². The number of hydrogen-bond donors (Lipinski definition) is 0. The van der Waals surface area contributed by atoms with Crippen LogP contribution >= 0.6 is 0 Å². The van der Waals surface area contributed by atoms with Crippen LogP contribution in [-0.2, 0) is 4.79 Å². The van der Waals surface area contributed by atoms with Gasteiger partial charge in [0.2, 0.25) is 0 Å². The highest BCUT2D eigenvalue weighted by atomic mass is 16.1. The SMILES string of the molecule is CC(=O)C(C)N(C)CC1CCCN1C. The number of carbonyl (C=O) groups is 1. The van der Waals surface area contributed by atoms with Crippen molar-refractivity contribution in [2.45, 2.75) is 38.8 Å². The average Bonchev–Trinajstić information content (AvgIpc) is 2.50. The van der Waals surface area contributed by atoms with Crippen molar-refractivity contribution in [2.75, 3.05) is 27.2 Å². The molecule has 0 aromatic carbocycles. The Hall–Kier alpha value is -0.410. The van der Waals surface area contributed by atoms with E-state index in [-0.39, 0.29) is 11.8 Å². The normalized spacial score (nSPS) is 25.6. The maximum Gasteiger partial charge on any atom is 0.146 e. The van der Waals surface area contributed by atoms with Gasteiger partial charge in [-0.15, -0.1) is 0 Å². The summed E-state index contributed by atoms with van der Waals surface area (Å²) >= 11 is 0. The van der Waals surface area contributed by atoms with E-state index in [2.05, 4.69) is 16.8 Å². The van der Waals surface area contributed by atoms with Gasteiger partial charge >= 0.3 is 0 Å². The highest BCUT2D eigenvalue weighted by Crippen LogP contribution is 2.16. The number of Topliss-reactive ketones (excluding diaryl/α,β-unsaturated/α-hetero) is 1. The highest BCUT2D eigenvalue weighted by molar-refractivity contribution is 5.80. The van der Waals surface area contributed by atoms with E-state index in [0.29, 0.717) is 6.04 Å². The van der Waals surface area contributed by atoms with Gasteiger partial charge in [-0.05, 0) is 47.3 Å². The van der Waals surface area contributed by atoms with Crippen molar-refractivity contribution >= 4 is 5.78 Å². The minimum absolute atomic E-state index is 0.0593. The number of carbonyl (C=O) groups excluding carboxylic acids is 1. The molecule has 1 aliphatic heterocycles. The van der Waals surface area contributed by atoms with Gasteiger partial charge in [0, 0.05) is 12.6 Å². The molecule has 0 aliphatic carbocycles.